The third-order valence-electron chi connectivity index (χ3n) is 2.76. The van der Waals surface area contributed by atoms with Crippen LogP contribution in [-0.4, -0.2) is 25.0 Å². The van der Waals surface area contributed by atoms with Gasteiger partial charge in [0.25, 0.3) is 0 Å². The quantitative estimate of drug-likeness (QED) is 0.916. The van der Waals surface area contributed by atoms with Crippen LogP contribution in [0.5, 0.6) is 0 Å². The average molecular weight is 335 g/mol. The van der Waals surface area contributed by atoms with Crippen molar-refractivity contribution in [2.75, 3.05) is 13.2 Å². The van der Waals surface area contributed by atoms with Crippen LogP contribution < -0.4 is 5.32 Å². The predicted molar refractivity (Wildman–Crippen MR) is 75.8 cm³/mol. The van der Waals surface area contributed by atoms with Crippen LogP contribution in [0.3, 0.4) is 0 Å². The molecule has 18 heavy (non-hydrogen) atoms. The summed E-state index contributed by atoms with van der Waals surface area (Å²) in [5, 5.41) is 4.11. The Bertz CT molecular complexity index is 425. The first-order valence-corrected chi connectivity index (χ1v) is 7.10. The molecule has 1 aromatic carbocycles. The normalized spacial score (nSPS) is 22.3. The van der Waals surface area contributed by atoms with Gasteiger partial charge in [-0.2, -0.15) is 0 Å². The lowest BCUT2D eigenvalue weighted by Gasteiger charge is -2.17. The second-order valence-electron chi connectivity index (χ2n) is 4.82. The summed E-state index contributed by atoms with van der Waals surface area (Å²) in [4.78, 5) is 0. The summed E-state index contributed by atoms with van der Waals surface area (Å²) in [6.45, 7) is 5.97. The van der Waals surface area contributed by atoms with E-state index in [1.54, 1.807) is 0 Å². The average Bonchev–Trinajstić information content (AvgIpc) is 2.63. The highest BCUT2D eigenvalue weighted by molar-refractivity contribution is 9.10. The van der Waals surface area contributed by atoms with Crippen LogP contribution >= 0.6 is 27.5 Å². The van der Waals surface area contributed by atoms with Crippen LogP contribution in [0.4, 0.5) is 0 Å². The van der Waals surface area contributed by atoms with Crippen molar-refractivity contribution in [3.63, 3.8) is 0 Å². The summed E-state index contributed by atoms with van der Waals surface area (Å²) < 4.78 is 12.2. The molecule has 1 unspecified atom stereocenters. The lowest BCUT2D eigenvalue weighted by Crippen LogP contribution is -2.30. The molecule has 1 aliphatic heterocycles. The number of rotatable bonds is 4. The molecule has 5 heteroatoms. The van der Waals surface area contributed by atoms with Crippen molar-refractivity contribution in [2.24, 2.45) is 0 Å². The largest absolute Gasteiger partial charge is 0.348 e. The Kier molecular flexibility index (Phi) is 4.67. The fraction of sp³-hybridized carbons (Fsp3) is 0.538. The van der Waals surface area contributed by atoms with Crippen molar-refractivity contribution in [1.82, 2.24) is 5.32 Å². The molecule has 0 amide bonds. The van der Waals surface area contributed by atoms with Gasteiger partial charge in [-0.1, -0.05) is 27.5 Å². The van der Waals surface area contributed by atoms with Gasteiger partial charge in [0.05, 0.1) is 12.7 Å². The molecule has 0 bridgehead atoms. The molecule has 0 aliphatic carbocycles. The molecule has 1 atom stereocenters. The van der Waals surface area contributed by atoms with Gasteiger partial charge in [-0.3, -0.25) is 0 Å². The van der Waals surface area contributed by atoms with Gasteiger partial charge in [0, 0.05) is 22.6 Å². The van der Waals surface area contributed by atoms with Gasteiger partial charge in [0.2, 0.25) is 0 Å². The zero-order chi connectivity index (χ0) is 13.2. The summed E-state index contributed by atoms with van der Waals surface area (Å²) in [5.41, 5.74) is 1.07. The van der Waals surface area contributed by atoms with E-state index < -0.39 is 5.79 Å². The molecule has 1 aliphatic rings. The molecule has 1 saturated heterocycles. The Morgan fingerprint density at radius 3 is 2.94 bits per heavy atom. The zero-order valence-electron chi connectivity index (χ0n) is 10.5. The molecule has 1 N–H and O–H groups in total. The summed E-state index contributed by atoms with van der Waals surface area (Å²) >= 11 is 9.56. The van der Waals surface area contributed by atoms with E-state index in [1.165, 1.54) is 0 Å². The molecular weight excluding hydrogens is 318 g/mol. The first-order chi connectivity index (χ1) is 8.46. The maximum atomic E-state index is 6.12. The monoisotopic (exact) mass is 333 g/mol. The van der Waals surface area contributed by atoms with E-state index in [9.17, 15) is 0 Å². The molecule has 0 saturated carbocycles. The van der Waals surface area contributed by atoms with E-state index in [0.717, 1.165) is 28.1 Å². The minimum absolute atomic E-state index is 0.103. The topological polar surface area (TPSA) is 30.5 Å². The van der Waals surface area contributed by atoms with Crippen molar-refractivity contribution < 1.29 is 9.47 Å². The van der Waals surface area contributed by atoms with Gasteiger partial charge in [-0.25, -0.2) is 0 Å². The third kappa shape index (κ3) is 3.93. The molecule has 1 heterocycles. The van der Waals surface area contributed by atoms with Crippen molar-refractivity contribution in [1.29, 1.82) is 0 Å². The number of halogens is 2. The summed E-state index contributed by atoms with van der Waals surface area (Å²) in [6, 6.07) is 5.84. The van der Waals surface area contributed by atoms with Crippen molar-refractivity contribution in [3.8, 4) is 0 Å². The van der Waals surface area contributed by atoms with Gasteiger partial charge >= 0.3 is 0 Å². The summed E-state index contributed by atoms with van der Waals surface area (Å²) in [7, 11) is 0. The Balaban J connectivity index is 1.80. The third-order valence-corrected chi connectivity index (χ3v) is 3.62. The fourth-order valence-corrected chi connectivity index (χ4v) is 2.50. The van der Waals surface area contributed by atoms with Crippen molar-refractivity contribution in [3.05, 3.63) is 33.3 Å². The Labute approximate surface area is 121 Å². The van der Waals surface area contributed by atoms with E-state index in [-0.39, 0.29) is 6.10 Å². The molecule has 100 valence electrons. The Hall–Kier alpha value is -0.130. The molecule has 3 nitrogen and oxygen atoms in total. The van der Waals surface area contributed by atoms with Gasteiger partial charge in [-0.05, 0) is 37.6 Å². The van der Waals surface area contributed by atoms with E-state index in [2.05, 4.69) is 21.2 Å². The SMILES string of the molecule is CC1(C)OCC(CNCc2cc(Br)ccc2Cl)O1. The molecule has 1 fully saturated rings. The molecule has 0 spiro atoms. The van der Waals surface area contributed by atoms with E-state index in [1.807, 2.05) is 32.0 Å². The molecular formula is C13H17BrClNO2. The van der Waals surface area contributed by atoms with Crippen LogP contribution in [0.25, 0.3) is 0 Å². The lowest BCUT2D eigenvalue weighted by molar-refractivity contribution is -0.137. The fourth-order valence-electron chi connectivity index (χ4n) is 1.91. The van der Waals surface area contributed by atoms with Crippen LogP contribution in [0, 0.1) is 0 Å². The standard InChI is InChI=1S/C13H17BrClNO2/c1-13(2)17-8-11(18-13)7-16-6-9-5-10(14)3-4-12(9)15/h3-5,11,16H,6-8H2,1-2H3. The molecule has 0 radical (unpaired) electrons. The van der Waals surface area contributed by atoms with Gasteiger partial charge in [0.1, 0.15) is 0 Å². The minimum atomic E-state index is -0.459. The summed E-state index contributed by atoms with van der Waals surface area (Å²) in [6.07, 6.45) is 0.103. The Morgan fingerprint density at radius 1 is 1.50 bits per heavy atom. The van der Waals surface area contributed by atoms with Crippen LogP contribution in [0.2, 0.25) is 5.02 Å². The lowest BCUT2D eigenvalue weighted by atomic mass is 10.2. The minimum Gasteiger partial charge on any atom is -0.348 e. The second kappa shape index (κ2) is 5.88. The zero-order valence-corrected chi connectivity index (χ0v) is 12.8. The number of ether oxygens (including phenoxy) is 2. The van der Waals surface area contributed by atoms with Crippen LogP contribution in [0.1, 0.15) is 19.4 Å². The van der Waals surface area contributed by atoms with Gasteiger partial charge < -0.3 is 14.8 Å². The van der Waals surface area contributed by atoms with Crippen molar-refractivity contribution >= 4 is 27.5 Å². The molecule has 1 aromatic rings. The van der Waals surface area contributed by atoms with E-state index >= 15 is 0 Å². The number of hydrogen-bond acceptors (Lipinski definition) is 3. The maximum Gasteiger partial charge on any atom is 0.163 e. The number of benzene rings is 1. The van der Waals surface area contributed by atoms with E-state index in [0.29, 0.717) is 6.61 Å². The first-order valence-electron chi connectivity index (χ1n) is 5.93. The van der Waals surface area contributed by atoms with Crippen LogP contribution in [-0.2, 0) is 16.0 Å². The highest BCUT2D eigenvalue weighted by Gasteiger charge is 2.32. The van der Waals surface area contributed by atoms with Gasteiger partial charge in [0.15, 0.2) is 5.79 Å². The van der Waals surface area contributed by atoms with E-state index in [4.69, 9.17) is 21.1 Å². The first kappa shape index (κ1) is 14.3. The summed E-state index contributed by atoms with van der Waals surface area (Å²) in [5.74, 6) is -0.459. The second-order valence-corrected chi connectivity index (χ2v) is 6.14. The van der Waals surface area contributed by atoms with Crippen molar-refractivity contribution in [2.45, 2.75) is 32.3 Å². The molecule has 2 rings (SSSR count). The number of nitrogens with one attached hydrogen (secondary N) is 1. The predicted octanol–water partition coefficient (Wildman–Crippen LogP) is 3.34. The smallest absolute Gasteiger partial charge is 0.163 e. The highest BCUT2D eigenvalue weighted by atomic mass is 79.9. The highest BCUT2D eigenvalue weighted by Crippen LogP contribution is 2.23. The maximum absolute atomic E-state index is 6.12. The van der Waals surface area contributed by atoms with Gasteiger partial charge in [-0.15, -0.1) is 0 Å². The number of hydrogen-bond donors (Lipinski definition) is 1. The van der Waals surface area contributed by atoms with Crippen LogP contribution in [0.15, 0.2) is 22.7 Å². The Morgan fingerprint density at radius 2 is 2.28 bits per heavy atom. The molecule has 0 aromatic heterocycles.